The number of halogens is 2. The van der Waals surface area contributed by atoms with Gasteiger partial charge in [0, 0.05) is 17.9 Å². The maximum absolute atomic E-state index is 13.0. The van der Waals surface area contributed by atoms with Crippen LogP contribution in [0.2, 0.25) is 10.3 Å². The van der Waals surface area contributed by atoms with Gasteiger partial charge in [-0.05, 0) is 50.8 Å². The van der Waals surface area contributed by atoms with Crippen LogP contribution in [0.4, 0.5) is 5.95 Å². The van der Waals surface area contributed by atoms with E-state index in [4.69, 9.17) is 23.2 Å². The number of anilines is 1. The highest BCUT2D eigenvalue weighted by atomic mass is 35.5. The lowest BCUT2D eigenvalue weighted by atomic mass is 10.1. The third kappa shape index (κ3) is 6.80. The van der Waals surface area contributed by atoms with Crippen molar-refractivity contribution in [1.29, 1.82) is 0 Å². The summed E-state index contributed by atoms with van der Waals surface area (Å²) >= 11 is 11.9. The fraction of sp³-hybridized carbons (Fsp3) is 0.444. The molecule has 2 aromatic heterocycles. The average molecular weight is 459 g/mol. The van der Waals surface area contributed by atoms with Gasteiger partial charge >= 0.3 is 0 Å². The predicted octanol–water partition coefficient (Wildman–Crippen LogP) is 3.90. The molecular weight excluding hydrogens is 435 g/mol. The summed E-state index contributed by atoms with van der Waals surface area (Å²) in [5, 5.41) is 2.75. The van der Waals surface area contributed by atoms with Crippen LogP contribution in [0.1, 0.15) is 37.2 Å². The van der Waals surface area contributed by atoms with Crippen molar-refractivity contribution in [2.75, 3.05) is 11.9 Å². The van der Waals surface area contributed by atoms with E-state index in [9.17, 15) is 8.42 Å². The number of hydrogen-bond acceptors (Lipinski definition) is 6. The molecule has 0 saturated heterocycles. The Morgan fingerprint density at radius 2 is 1.72 bits per heavy atom. The lowest BCUT2D eigenvalue weighted by Crippen LogP contribution is -2.37. The molecule has 0 atom stereocenters. The minimum Gasteiger partial charge on any atom is -0.294 e. The molecular formula is C18H24Cl2N6O2S. The molecule has 0 spiro atoms. The number of aliphatic imine (C=N–C) groups is 1. The summed E-state index contributed by atoms with van der Waals surface area (Å²) in [6, 6.07) is 3.24. The molecule has 0 aliphatic rings. The molecule has 0 bridgehead atoms. The van der Waals surface area contributed by atoms with Gasteiger partial charge in [0.05, 0.1) is 0 Å². The molecule has 0 saturated carbocycles. The fourth-order valence-corrected chi connectivity index (χ4v) is 4.56. The summed E-state index contributed by atoms with van der Waals surface area (Å²) in [6.45, 7) is 9.76. The summed E-state index contributed by atoms with van der Waals surface area (Å²) in [5.41, 5.74) is 1.85. The van der Waals surface area contributed by atoms with Crippen LogP contribution < -0.4 is 10.0 Å². The fourth-order valence-electron chi connectivity index (χ4n) is 2.50. The number of nitrogens with zero attached hydrogens (tertiary/aromatic N) is 4. The van der Waals surface area contributed by atoms with E-state index in [-0.39, 0.29) is 27.1 Å². The maximum atomic E-state index is 13.0. The van der Waals surface area contributed by atoms with Crippen LogP contribution >= 0.6 is 23.2 Å². The monoisotopic (exact) mass is 458 g/mol. The third-order valence-corrected chi connectivity index (χ3v) is 5.87. The van der Waals surface area contributed by atoms with E-state index < -0.39 is 10.0 Å². The minimum absolute atomic E-state index is 0.000988. The van der Waals surface area contributed by atoms with Gasteiger partial charge in [-0.2, -0.15) is 0 Å². The van der Waals surface area contributed by atoms with Crippen LogP contribution in [-0.2, 0) is 10.0 Å². The van der Waals surface area contributed by atoms with Gasteiger partial charge in [-0.1, -0.05) is 37.0 Å². The Morgan fingerprint density at radius 3 is 2.28 bits per heavy atom. The third-order valence-electron chi connectivity index (χ3n) is 3.77. The second-order valence-corrected chi connectivity index (χ2v) is 9.36. The number of aryl methyl sites for hydroxylation is 3. The molecule has 0 aromatic carbocycles. The molecule has 11 heteroatoms. The minimum atomic E-state index is -4.08. The summed E-state index contributed by atoms with van der Waals surface area (Å²) in [5.74, 6) is 0.651. The molecule has 0 aliphatic carbocycles. The Morgan fingerprint density at radius 1 is 1.10 bits per heavy atom. The van der Waals surface area contributed by atoms with Crippen molar-refractivity contribution in [3.05, 3.63) is 39.4 Å². The number of pyridine rings is 1. The highest BCUT2D eigenvalue weighted by molar-refractivity contribution is 7.90. The summed E-state index contributed by atoms with van der Waals surface area (Å²) in [7, 11) is -4.08. The smallest absolute Gasteiger partial charge is 0.267 e. The van der Waals surface area contributed by atoms with Crippen molar-refractivity contribution < 1.29 is 8.42 Å². The first kappa shape index (κ1) is 23.3. The highest BCUT2D eigenvalue weighted by Gasteiger charge is 2.24. The van der Waals surface area contributed by atoms with Gasteiger partial charge in [0.2, 0.25) is 11.9 Å². The normalized spacial score (nSPS) is 12.3. The molecule has 2 N–H and O–H groups in total. The number of hydrogen-bond donors (Lipinski definition) is 2. The Labute approximate surface area is 181 Å². The second-order valence-electron chi connectivity index (χ2n) is 7.00. The van der Waals surface area contributed by atoms with Crippen LogP contribution in [0.15, 0.2) is 22.0 Å². The molecule has 29 heavy (non-hydrogen) atoms. The van der Waals surface area contributed by atoms with Crippen molar-refractivity contribution in [3.63, 3.8) is 0 Å². The van der Waals surface area contributed by atoms with E-state index in [1.807, 2.05) is 19.9 Å². The van der Waals surface area contributed by atoms with Gasteiger partial charge in [-0.3, -0.25) is 10.3 Å². The first-order valence-electron chi connectivity index (χ1n) is 8.97. The van der Waals surface area contributed by atoms with E-state index in [1.165, 1.54) is 6.07 Å². The van der Waals surface area contributed by atoms with Crippen molar-refractivity contribution in [2.24, 2.45) is 10.9 Å². The van der Waals surface area contributed by atoms with E-state index in [0.29, 0.717) is 18.0 Å². The summed E-state index contributed by atoms with van der Waals surface area (Å²) in [6.07, 6.45) is 0.781. The lowest BCUT2D eigenvalue weighted by Gasteiger charge is -2.15. The van der Waals surface area contributed by atoms with Crippen LogP contribution in [0, 0.1) is 26.7 Å². The SMILES string of the molecule is Cc1cc(C)nc(NC(=NCCC(C)C)NS(=O)(=O)c2c(C)cc(Cl)nc2Cl)n1. The zero-order valence-electron chi connectivity index (χ0n) is 16.9. The van der Waals surface area contributed by atoms with E-state index >= 15 is 0 Å². The number of rotatable bonds is 6. The second kappa shape index (κ2) is 9.69. The maximum Gasteiger partial charge on any atom is 0.267 e. The molecule has 0 unspecified atom stereocenters. The quantitative estimate of drug-likeness (QED) is 0.385. The zero-order valence-corrected chi connectivity index (χ0v) is 19.2. The summed E-state index contributed by atoms with van der Waals surface area (Å²) in [4.78, 5) is 16.6. The van der Waals surface area contributed by atoms with Gasteiger partial charge in [-0.15, -0.1) is 0 Å². The Balaban J connectivity index is 2.38. The van der Waals surface area contributed by atoms with Gasteiger partial charge < -0.3 is 0 Å². The number of aromatic nitrogens is 3. The van der Waals surface area contributed by atoms with Crippen LogP contribution in [-0.4, -0.2) is 35.9 Å². The molecule has 2 heterocycles. The molecule has 2 aromatic rings. The molecule has 8 nitrogen and oxygen atoms in total. The van der Waals surface area contributed by atoms with Crippen molar-refractivity contribution >= 4 is 45.1 Å². The van der Waals surface area contributed by atoms with Crippen molar-refractivity contribution in [2.45, 2.75) is 45.9 Å². The predicted molar refractivity (Wildman–Crippen MR) is 116 cm³/mol. The van der Waals surface area contributed by atoms with Gasteiger partial charge in [0.15, 0.2) is 5.15 Å². The van der Waals surface area contributed by atoms with Crippen LogP contribution in [0.25, 0.3) is 0 Å². The molecule has 0 fully saturated rings. The van der Waals surface area contributed by atoms with Gasteiger partial charge in [0.1, 0.15) is 10.0 Å². The Hall–Kier alpha value is -1.97. The van der Waals surface area contributed by atoms with Gasteiger partial charge in [-0.25, -0.2) is 28.1 Å². The highest BCUT2D eigenvalue weighted by Crippen LogP contribution is 2.25. The number of nitrogens with one attached hydrogen (secondary N) is 2. The Kier molecular flexibility index (Phi) is 7.79. The number of guanidine groups is 1. The lowest BCUT2D eigenvalue weighted by molar-refractivity contribution is 0.589. The molecule has 0 amide bonds. The molecule has 2 rings (SSSR count). The van der Waals surface area contributed by atoms with E-state index in [2.05, 4.69) is 43.8 Å². The van der Waals surface area contributed by atoms with Crippen LogP contribution in [0.3, 0.4) is 0 Å². The molecule has 158 valence electrons. The molecule has 0 aliphatic heterocycles. The standard InChI is InChI=1S/C18H24Cl2N6O2S/c1-10(2)6-7-21-17(25-18-22-12(4)9-13(5)23-18)26-29(27,28)15-11(3)8-14(19)24-16(15)20/h8-10H,6-7H2,1-5H3,(H2,21,22,23,25,26). The first-order valence-corrected chi connectivity index (χ1v) is 11.2. The van der Waals surface area contributed by atoms with Gasteiger partial charge in [0.25, 0.3) is 10.0 Å². The summed E-state index contributed by atoms with van der Waals surface area (Å²) < 4.78 is 28.4. The molecule has 0 radical (unpaired) electrons. The van der Waals surface area contributed by atoms with Crippen LogP contribution in [0.5, 0.6) is 0 Å². The topological polar surface area (TPSA) is 109 Å². The largest absolute Gasteiger partial charge is 0.294 e. The Bertz CT molecular complexity index is 982. The van der Waals surface area contributed by atoms with E-state index in [0.717, 1.165) is 17.8 Å². The van der Waals surface area contributed by atoms with Crippen molar-refractivity contribution in [3.8, 4) is 0 Å². The average Bonchev–Trinajstić information content (AvgIpc) is 2.51. The number of sulfonamides is 1. The first-order chi connectivity index (χ1) is 13.5. The van der Waals surface area contributed by atoms with E-state index in [1.54, 1.807) is 6.92 Å². The zero-order chi connectivity index (χ0) is 21.8. The van der Waals surface area contributed by atoms with Crippen molar-refractivity contribution in [1.82, 2.24) is 19.7 Å².